The summed E-state index contributed by atoms with van der Waals surface area (Å²) in [5.74, 6) is -0.556. The molecular formula is C18H18ClN3O2. The van der Waals surface area contributed by atoms with Gasteiger partial charge in [-0.25, -0.2) is 0 Å². The van der Waals surface area contributed by atoms with Crippen LogP contribution in [-0.2, 0) is 10.2 Å². The fourth-order valence-electron chi connectivity index (χ4n) is 3.20. The number of halogens is 1. The third-order valence-corrected chi connectivity index (χ3v) is 4.77. The first-order chi connectivity index (χ1) is 11.6. The minimum Gasteiger partial charge on any atom is -0.272 e. The molecule has 1 aliphatic carbocycles. The second kappa shape index (κ2) is 7.01. The molecule has 1 aromatic heterocycles. The fraction of sp³-hybridized carbons (Fsp3) is 0.278. The van der Waals surface area contributed by atoms with Crippen LogP contribution in [0.25, 0.3) is 0 Å². The van der Waals surface area contributed by atoms with Crippen molar-refractivity contribution in [3.8, 4) is 0 Å². The predicted molar refractivity (Wildman–Crippen MR) is 91.4 cm³/mol. The maximum Gasteiger partial charge on any atom is 0.269 e. The molecule has 0 atom stereocenters. The Bertz CT molecular complexity index is 726. The smallest absolute Gasteiger partial charge is 0.269 e. The Morgan fingerprint density at radius 1 is 0.958 bits per heavy atom. The van der Waals surface area contributed by atoms with Crippen molar-refractivity contribution >= 4 is 23.4 Å². The van der Waals surface area contributed by atoms with E-state index in [0.717, 1.165) is 31.2 Å². The summed E-state index contributed by atoms with van der Waals surface area (Å²) in [5, 5.41) is 0.637. The first-order valence-electron chi connectivity index (χ1n) is 7.89. The topological polar surface area (TPSA) is 71.1 Å². The molecule has 2 aromatic rings. The van der Waals surface area contributed by atoms with Gasteiger partial charge in [-0.1, -0.05) is 36.6 Å². The fourth-order valence-corrected chi connectivity index (χ4v) is 3.33. The molecule has 1 aromatic carbocycles. The summed E-state index contributed by atoms with van der Waals surface area (Å²) in [6.45, 7) is 0. The molecule has 1 saturated carbocycles. The van der Waals surface area contributed by atoms with Crippen LogP contribution in [-0.4, -0.2) is 16.8 Å². The molecule has 1 fully saturated rings. The van der Waals surface area contributed by atoms with Crippen molar-refractivity contribution in [2.24, 2.45) is 0 Å². The number of benzene rings is 1. The van der Waals surface area contributed by atoms with Gasteiger partial charge >= 0.3 is 0 Å². The lowest BCUT2D eigenvalue weighted by Crippen LogP contribution is -2.50. The number of carbonyl (C=O) groups is 2. The number of hydrogen-bond acceptors (Lipinski definition) is 3. The number of rotatable bonds is 3. The zero-order valence-electron chi connectivity index (χ0n) is 13.1. The summed E-state index contributed by atoms with van der Waals surface area (Å²) < 4.78 is 0. The first-order valence-corrected chi connectivity index (χ1v) is 8.26. The summed E-state index contributed by atoms with van der Waals surface area (Å²) in [5.41, 5.74) is 5.83. The molecule has 1 aliphatic rings. The summed E-state index contributed by atoms with van der Waals surface area (Å²) in [7, 11) is 0. The van der Waals surface area contributed by atoms with E-state index in [2.05, 4.69) is 15.8 Å². The SMILES string of the molecule is O=C(NNC(=O)C1(c2ccc(Cl)cc2)CCCC1)c1ccncc1. The van der Waals surface area contributed by atoms with Gasteiger partial charge in [-0.2, -0.15) is 0 Å². The molecule has 0 saturated heterocycles. The Morgan fingerprint density at radius 2 is 1.58 bits per heavy atom. The standard InChI is InChI=1S/C18H18ClN3O2/c19-15-5-3-14(4-6-15)18(9-1-2-10-18)17(24)22-21-16(23)13-7-11-20-12-8-13/h3-8,11-12H,1-2,9-10H2,(H,21,23)(H,22,24). The number of amides is 2. The van der Waals surface area contributed by atoms with Crippen LogP contribution >= 0.6 is 11.6 Å². The summed E-state index contributed by atoms with van der Waals surface area (Å²) in [6, 6.07) is 10.5. The van der Waals surface area contributed by atoms with Crippen LogP contribution in [0.2, 0.25) is 5.02 Å². The summed E-state index contributed by atoms with van der Waals surface area (Å²) >= 11 is 5.95. The molecular weight excluding hydrogens is 326 g/mol. The number of pyridine rings is 1. The van der Waals surface area contributed by atoms with E-state index in [9.17, 15) is 9.59 Å². The number of nitrogens with zero attached hydrogens (tertiary/aromatic N) is 1. The van der Waals surface area contributed by atoms with Crippen molar-refractivity contribution in [3.05, 3.63) is 64.9 Å². The Labute approximate surface area is 145 Å². The molecule has 24 heavy (non-hydrogen) atoms. The second-order valence-electron chi connectivity index (χ2n) is 5.94. The van der Waals surface area contributed by atoms with Crippen LogP contribution in [0.4, 0.5) is 0 Å². The van der Waals surface area contributed by atoms with E-state index in [1.807, 2.05) is 12.1 Å². The van der Waals surface area contributed by atoms with Gasteiger partial charge in [-0.3, -0.25) is 25.4 Å². The highest BCUT2D eigenvalue weighted by Gasteiger charge is 2.42. The second-order valence-corrected chi connectivity index (χ2v) is 6.38. The minimum atomic E-state index is -0.615. The van der Waals surface area contributed by atoms with E-state index in [0.29, 0.717) is 10.6 Å². The highest BCUT2D eigenvalue weighted by Crippen LogP contribution is 2.41. The van der Waals surface area contributed by atoms with Crippen molar-refractivity contribution in [1.82, 2.24) is 15.8 Å². The third kappa shape index (κ3) is 3.26. The number of aromatic nitrogens is 1. The largest absolute Gasteiger partial charge is 0.272 e. The predicted octanol–water partition coefficient (Wildman–Crippen LogP) is 3.01. The van der Waals surface area contributed by atoms with E-state index in [-0.39, 0.29) is 11.8 Å². The van der Waals surface area contributed by atoms with Crippen molar-refractivity contribution < 1.29 is 9.59 Å². The maximum absolute atomic E-state index is 12.8. The van der Waals surface area contributed by atoms with Crippen LogP contribution in [0.3, 0.4) is 0 Å². The number of carbonyl (C=O) groups excluding carboxylic acids is 2. The van der Waals surface area contributed by atoms with Gasteiger partial charge in [-0.05, 0) is 42.7 Å². The highest BCUT2D eigenvalue weighted by atomic mass is 35.5. The molecule has 0 bridgehead atoms. The molecule has 3 rings (SSSR count). The van der Waals surface area contributed by atoms with E-state index in [4.69, 9.17) is 11.6 Å². The molecule has 2 amide bonds. The molecule has 1 heterocycles. The lowest BCUT2D eigenvalue weighted by atomic mass is 9.78. The molecule has 0 spiro atoms. The number of hydrogen-bond donors (Lipinski definition) is 2. The molecule has 2 N–H and O–H groups in total. The van der Waals surface area contributed by atoms with Gasteiger partial charge in [0.25, 0.3) is 5.91 Å². The monoisotopic (exact) mass is 343 g/mol. The van der Waals surface area contributed by atoms with Crippen LogP contribution < -0.4 is 10.9 Å². The Balaban J connectivity index is 1.73. The van der Waals surface area contributed by atoms with E-state index in [1.54, 1.807) is 24.3 Å². The van der Waals surface area contributed by atoms with Gasteiger partial charge in [0.15, 0.2) is 0 Å². The molecule has 0 aliphatic heterocycles. The molecule has 124 valence electrons. The van der Waals surface area contributed by atoms with E-state index in [1.165, 1.54) is 12.4 Å². The van der Waals surface area contributed by atoms with Crippen LogP contribution in [0.1, 0.15) is 41.6 Å². The zero-order valence-corrected chi connectivity index (χ0v) is 13.8. The number of nitrogens with one attached hydrogen (secondary N) is 2. The van der Waals surface area contributed by atoms with E-state index < -0.39 is 5.41 Å². The normalized spacial score (nSPS) is 15.7. The molecule has 0 radical (unpaired) electrons. The van der Waals surface area contributed by atoms with Crippen LogP contribution in [0.5, 0.6) is 0 Å². The van der Waals surface area contributed by atoms with Crippen molar-refractivity contribution in [1.29, 1.82) is 0 Å². The first kappa shape index (κ1) is 16.5. The van der Waals surface area contributed by atoms with Crippen molar-refractivity contribution in [2.75, 3.05) is 0 Å². The van der Waals surface area contributed by atoms with Gasteiger partial charge in [0.05, 0.1) is 5.41 Å². The summed E-state index contributed by atoms with van der Waals surface area (Å²) in [4.78, 5) is 28.8. The van der Waals surface area contributed by atoms with Crippen LogP contribution in [0, 0.1) is 0 Å². The van der Waals surface area contributed by atoms with Gasteiger partial charge in [0, 0.05) is 23.0 Å². The lowest BCUT2D eigenvalue weighted by Gasteiger charge is -2.28. The molecule has 0 unspecified atom stereocenters. The summed E-state index contributed by atoms with van der Waals surface area (Å²) in [6.07, 6.45) is 6.53. The third-order valence-electron chi connectivity index (χ3n) is 4.52. The van der Waals surface area contributed by atoms with E-state index >= 15 is 0 Å². The average Bonchev–Trinajstić information content (AvgIpc) is 3.12. The lowest BCUT2D eigenvalue weighted by molar-refractivity contribution is -0.127. The Hall–Kier alpha value is -2.40. The van der Waals surface area contributed by atoms with Gasteiger partial charge in [0.1, 0.15) is 0 Å². The van der Waals surface area contributed by atoms with Gasteiger partial charge < -0.3 is 0 Å². The van der Waals surface area contributed by atoms with Crippen molar-refractivity contribution in [3.63, 3.8) is 0 Å². The minimum absolute atomic E-state index is 0.190. The van der Waals surface area contributed by atoms with Crippen molar-refractivity contribution in [2.45, 2.75) is 31.1 Å². The molecule has 6 heteroatoms. The zero-order chi connectivity index (χ0) is 17.0. The highest BCUT2D eigenvalue weighted by molar-refractivity contribution is 6.30. The Kier molecular flexibility index (Phi) is 4.81. The van der Waals surface area contributed by atoms with Gasteiger partial charge in [0.2, 0.25) is 5.91 Å². The van der Waals surface area contributed by atoms with Crippen LogP contribution in [0.15, 0.2) is 48.8 Å². The average molecular weight is 344 g/mol. The molecule has 5 nitrogen and oxygen atoms in total. The Morgan fingerprint density at radius 3 is 2.21 bits per heavy atom. The maximum atomic E-state index is 12.8. The van der Waals surface area contributed by atoms with Gasteiger partial charge in [-0.15, -0.1) is 0 Å². The quantitative estimate of drug-likeness (QED) is 0.841. The number of hydrazine groups is 1.